The fourth-order valence-corrected chi connectivity index (χ4v) is 2.45. The molecule has 1 aromatic rings. The van der Waals surface area contributed by atoms with E-state index in [1.807, 2.05) is 6.92 Å². The lowest BCUT2D eigenvalue weighted by Gasteiger charge is -2.15. The summed E-state index contributed by atoms with van der Waals surface area (Å²) in [7, 11) is 0. The van der Waals surface area contributed by atoms with Crippen LogP contribution < -0.4 is 0 Å². The zero-order valence-corrected chi connectivity index (χ0v) is 12.6. The molecule has 0 N–H and O–H groups in total. The van der Waals surface area contributed by atoms with Crippen LogP contribution in [0.3, 0.4) is 0 Å². The first-order chi connectivity index (χ1) is 8.75. The van der Waals surface area contributed by atoms with E-state index in [2.05, 4.69) is 15.9 Å². The number of Topliss-reactive ketones (excluding diaryl/α,β-unsaturated/α-hetero) is 1. The third-order valence-corrected chi connectivity index (χ3v) is 3.69. The summed E-state index contributed by atoms with van der Waals surface area (Å²) in [6, 6.07) is 3.61. The van der Waals surface area contributed by atoms with Gasteiger partial charge in [0, 0.05) is 11.4 Å². The van der Waals surface area contributed by atoms with Crippen molar-refractivity contribution in [3.8, 4) is 0 Å². The summed E-state index contributed by atoms with van der Waals surface area (Å²) < 4.78 is 38.6. The molecule has 0 saturated carbocycles. The van der Waals surface area contributed by atoms with Gasteiger partial charge in [-0.2, -0.15) is 13.2 Å². The highest BCUT2D eigenvalue weighted by Crippen LogP contribution is 2.34. The van der Waals surface area contributed by atoms with Gasteiger partial charge in [-0.05, 0) is 30.5 Å². The summed E-state index contributed by atoms with van der Waals surface area (Å²) in [4.78, 5) is 11.0. The van der Waals surface area contributed by atoms with Gasteiger partial charge >= 0.3 is 6.18 Å². The van der Waals surface area contributed by atoms with Crippen molar-refractivity contribution in [1.29, 1.82) is 0 Å². The van der Waals surface area contributed by atoms with Gasteiger partial charge < -0.3 is 0 Å². The molecule has 0 bridgehead atoms. The van der Waals surface area contributed by atoms with E-state index in [1.165, 1.54) is 12.1 Å². The van der Waals surface area contributed by atoms with Gasteiger partial charge in [-0.3, -0.25) is 4.79 Å². The summed E-state index contributed by atoms with van der Waals surface area (Å²) in [6.07, 6.45) is -3.44. The molecular formula is C13H13BrClF3O. The highest BCUT2D eigenvalue weighted by Gasteiger charge is 2.34. The third kappa shape index (κ3) is 4.80. The Morgan fingerprint density at radius 2 is 2.05 bits per heavy atom. The third-order valence-electron chi connectivity index (χ3n) is 2.62. The van der Waals surface area contributed by atoms with Gasteiger partial charge in [-0.1, -0.05) is 40.5 Å². The Bertz CT molecular complexity index is 460. The van der Waals surface area contributed by atoms with Crippen molar-refractivity contribution in [2.24, 2.45) is 0 Å². The first-order valence-electron chi connectivity index (χ1n) is 5.78. The van der Waals surface area contributed by atoms with Gasteiger partial charge in [-0.25, -0.2) is 0 Å². The van der Waals surface area contributed by atoms with Crippen LogP contribution in [0.4, 0.5) is 13.2 Å². The Morgan fingerprint density at radius 3 is 2.58 bits per heavy atom. The van der Waals surface area contributed by atoms with Crippen LogP contribution in [-0.4, -0.2) is 10.6 Å². The van der Waals surface area contributed by atoms with Crippen molar-refractivity contribution >= 4 is 33.3 Å². The van der Waals surface area contributed by atoms with Crippen LogP contribution in [0, 0.1) is 0 Å². The quantitative estimate of drug-likeness (QED) is 0.675. The van der Waals surface area contributed by atoms with Crippen LogP contribution in [0.1, 0.15) is 30.9 Å². The molecule has 106 valence electrons. The lowest BCUT2D eigenvalue weighted by Crippen LogP contribution is -2.19. The first kappa shape index (κ1) is 16.5. The number of carbonyl (C=O) groups is 1. The molecule has 19 heavy (non-hydrogen) atoms. The minimum absolute atomic E-state index is 0.00481. The van der Waals surface area contributed by atoms with E-state index in [0.29, 0.717) is 12.8 Å². The molecule has 1 aromatic carbocycles. The number of halogens is 5. The van der Waals surface area contributed by atoms with E-state index in [0.717, 1.165) is 6.07 Å². The van der Waals surface area contributed by atoms with Crippen LogP contribution in [0.25, 0.3) is 0 Å². The van der Waals surface area contributed by atoms with Crippen molar-refractivity contribution in [3.63, 3.8) is 0 Å². The maximum Gasteiger partial charge on any atom is 0.416 e. The van der Waals surface area contributed by atoms with E-state index < -0.39 is 16.6 Å². The van der Waals surface area contributed by atoms with Gasteiger partial charge in [0.25, 0.3) is 0 Å². The van der Waals surface area contributed by atoms with Crippen LogP contribution in [-0.2, 0) is 17.4 Å². The van der Waals surface area contributed by atoms with E-state index in [9.17, 15) is 18.0 Å². The van der Waals surface area contributed by atoms with Gasteiger partial charge in [0.15, 0.2) is 0 Å². The van der Waals surface area contributed by atoms with Crippen molar-refractivity contribution in [1.82, 2.24) is 0 Å². The Kier molecular flexibility index (Phi) is 5.86. The average molecular weight is 358 g/mol. The first-order valence-corrected chi connectivity index (χ1v) is 7.07. The van der Waals surface area contributed by atoms with Gasteiger partial charge in [0.2, 0.25) is 0 Å². The van der Waals surface area contributed by atoms with E-state index in [1.54, 1.807) is 0 Å². The van der Waals surface area contributed by atoms with E-state index in [-0.39, 0.29) is 22.8 Å². The molecule has 0 radical (unpaired) electrons. The average Bonchev–Trinajstić information content (AvgIpc) is 2.30. The number of carbonyl (C=O) groups excluding carboxylic acids is 1. The SMILES string of the molecule is CCCC(=O)C(Br)Cc1ccc(Cl)cc1C(F)(F)F. The molecule has 0 saturated heterocycles. The van der Waals surface area contributed by atoms with Crippen molar-refractivity contribution < 1.29 is 18.0 Å². The molecule has 0 aromatic heterocycles. The molecule has 0 aliphatic heterocycles. The largest absolute Gasteiger partial charge is 0.416 e. The number of alkyl halides is 4. The molecule has 0 aliphatic rings. The predicted octanol–water partition coefficient (Wildman–Crippen LogP) is 5.03. The van der Waals surface area contributed by atoms with Gasteiger partial charge in [0.05, 0.1) is 10.4 Å². The van der Waals surface area contributed by atoms with Crippen LogP contribution in [0.15, 0.2) is 18.2 Å². The molecular weight excluding hydrogens is 344 g/mol. The molecule has 1 atom stereocenters. The van der Waals surface area contributed by atoms with Crippen LogP contribution >= 0.6 is 27.5 Å². The number of ketones is 1. The minimum atomic E-state index is -4.47. The maximum absolute atomic E-state index is 12.9. The second kappa shape index (κ2) is 6.75. The highest BCUT2D eigenvalue weighted by atomic mass is 79.9. The van der Waals surface area contributed by atoms with Crippen LogP contribution in [0.5, 0.6) is 0 Å². The normalized spacial score (nSPS) is 13.4. The van der Waals surface area contributed by atoms with E-state index >= 15 is 0 Å². The molecule has 1 nitrogen and oxygen atoms in total. The Balaban J connectivity index is 2.98. The van der Waals surface area contributed by atoms with E-state index in [4.69, 9.17) is 11.6 Å². The summed E-state index contributed by atoms with van der Waals surface area (Å²) in [5.74, 6) is -0.0921. The minimum Gasteiger partial charge on any atom is -0.298 e. The zero-order valence-electron chi connectivity index (χ0n) is 10.2. The summed E-state index contributed by atoms with van der Waals surface area (Å²) in [5.41, 5.74) is -0.711. The Hall–Kier alpha value is -0.550. The molecule has 1 unspecified atom stereocenters. The molecule has 0 fully saturated rings. The number of hydrogen-bond acceptors (Lipinski definition) is 1. The second-order valence-corrected chi connectivity index (χ2v) is 5.73. The van der Waals surface area contributed by atoms with Gasteiger partial charge in [0.1, 0.15) is 5.78 Å². The van der Waals surface area contributed by atoms with Crippen LogP contribution in [0.2, 0.25) is 5.02 Å². The number of hydrogen-bond donors (Lipinski definition) is 0. The fraction of sp³-hybridized carbons (Fsp3) is 0.462. The topological polar surface area (TPSA) is 17.1 Å². The molecule has 0 amide bonds. The number of benzene rings is 1. The second-order valence-electron chi connectivity index (χ2n) is 4.19. The predicted molar refractivity (Wildman–Crippen MR) is 72.8 cm³/mol. The lowest BCUT2D eigenvalue weighted by molar-refractivity contribution is -0.138. The van der Waals surface area contributed by atoms with Gasteiger partial charge in [-0.15, -0.1) is 0 Å². The Labute approximate surface area is 123 Å². The monoisotopic (exact) mass is 356 g/mol. The molecule has 1 rings (SSSR count). The van der Waals surface area contributed by atoms with Crippen molar-refractivity contribution in [2.45, 2.75) is 37.2 Å². The molecule has 0 aliphatic carbocycles. The smallest absolute Gasteiger partial charge is 0.298 e. The summed E-state index contributed by atoms with van der Waals surface area (Å²) in [6.45, 7) is 1.85. The van der Waals surface area contributed by atoms with Crippen molar-refractivity contribution in [2.75, 3.05) is 0 Å². The maximum atomic E-state index is 12.9. The summed E-state index contributed by atoms with van der Waals surface area (Å²) in [5, 5.41) is 0.0297. The summed E-state index contributed by atoms with van der Waals surface area (Å²) >= 11 is 8.74. The lowest BCUT2D eigenvalue weighted by atomic mass is 10.00. The molecule has 0 heterocycles. The zero-order chi connectivity index (χ0) is 14.6. The standard InChI is InChI=1S/C13H13BrClF3O/c1-2-3-12(19)11(14)6-8-4-5-9(15)7-10(8)13(16,17)18/h4-5,7,11H,2-3,6H2,1H3. The fourth-order valence-electron chi connectivity index (χ4n) is 1.70. The molecule has 6 heteroatoms. The molecule has 0 spiro atoms. The number of rotatable bonds is 5. The van der Waals surface area contributed by atoms with Crippen molar-refractivity contribution in [3.05, 3.63) is 34.3 Å². The Morgan fingerprint density at radius 1 is 1.42 bits per heavy atom. The highest BCUT2D eigenvalue weighted by molar-refractivity contribution is 9.10.